The first-order valence-electron chi connectivity index (χ1n) is 13.0. The van der Waals surface area contributed by atoms with E-state index in [0.29, 0.717) is 17.2 Å². The lowest BCUT2D eigenvalue weighted by molar-refractivity contribution is -0.118. The molecule has 1 saturated heterocycles. The molecule has 2 aliphatic rings. The van der Waals surface area contributed by atoms with Crippen LogP contribution in [0.15, 0.2) is 53.4 Å². The lowest BCUT2D eigenvalue weighted by atomic mass is 9.89. The zero-order chi connectivity index (χ0) is 24.5. The lowest BCUT2D eigenvalue weighted by Gasteiger charge is -2.35. The number of nitrogens with zero attached hydrogens (tertiary/aromatic N) is 2. The smallest absolute Gasteiger partial charge is 0.256 e. The molecule has 2 amide bonds. The van der Waals surface area contributed by atoms with Crippen LogP contribution >= 0.6 is 11.8 Å². The summed E-state index contributed by atoms with van der Waals surface area (Å²) in [6, 6.07) is 15.6. The fourth-order valence-electron chi connectivity index (χ4n) is 4.90. The van der Waals surface area contributed by atoms with E-state index in [-0.39, 0.29) is 11.8 Å². The molecule has 2 aromatic carbocycles. The van der Waals surface area contributed by atoms with Crippen molar-refractivity contribution in [2.24, 2.45) is 5.92 Å². The van der Waals surface area contributed by atoms with Gasteiger partial charge >= 0.3 is 0 Å². The van der Waals surface area contributed by atoms with E-state index in [4.69, 9.17) is 0 Å². The summed E-state index contributed by atoms with van der Waals surface area (Å²) in [7, 11) is 0. The number of piperazine rings is 1. The highest BCUT2D eigenvalue weighted by molar-refractivity contribution is 8.00. The second-order valence-electron chi connectivity index (χ2n) is 9.52. The number of carbonyl (C=O) groups is 2. The minimum absolute atomic E-state index is 0.0335. The predicted octanol–water partition coefficient (Wildman–Crippen LogP) is 4.87. The van der Waals surface area contributed by atoms with Crippen molar-refractivity contribution in [1.82, 2.24) is 10.2 Å². The van der Waals surface area contributed by atoms with Gasteiger partial charge in [0.1, 0.15) is 0 Å². The molecular weight excluding hydrogens is 456 g/mol. The minimum atomic E-state index is -0.153. The summed E-state index contributed by atoms with van der Waals surface area (Å²) in [5.74, 6) is 0.811. The van der Waals surface area contributed by atoms with Gasteiger partial charge in [-0.15, -0.1) is 11.8 Å². The first-order valence-corrected chi connectivity index (χ1v) is 14.0. The van der Waals surface area contributed by atoms with E-state index >= 15 is 0 Å². The number of thioether (sulfide) groups is 1. The average Bonchev–Trinajstić information content (AvgIpc) is 2.92. The van der Waals surface area contributed by atoms with Crippen LogP contribution in [0.2, 0.25) is 0 Å². The van der Waals surface area contributed by atoms with E-state index in [1.54, 1.807) is 0 Å². The Hall–Kier alpha value is -2.51. The van der Waals surface area contributed by atoms with Gasteiger partial charge in [0.2, 0.25) is 5.91 Å². The van der Waals surface area contributed by atoms with Crippen LogP contribution in [0, 0.1) is 5.92 Å². The van der Waals surface area contributed by atoms with Crippen molar-refractivity contribution >= 4 is 35.0 Å². The van der Waals surface area contributed by atoms with Gasteiger partial charge in [0, 0.05) is 49.0 Å². The Morgan fingerprint density at radius 1 is 0.943 bits per heavy atom. The van der Waals surface area contributed by atoms with Crippen molar-refractivity contribution in [2.45, 2.75) is 43.9 Å². The molecule has 1 saturated carbocycles. The Morgan fingerprint density at radius 2 is 1.66 bits per heavy atom. The van der Waals surface area contributed by atoms with Gasteiger partial charge in [-0.3, -0.25) is 9.59 Å². The van der Waals surface area contributed by atoms with E-state index in [0.717, 1.165) is 49.9 Å². The molecule has 0 aromatic heterocycles. The van der Waals surface area contributed by atoms with Crippen LogP contribution in [0.5, 0.6) is 0 Å². The molecule has 2 aromatic rings. The Kier molecular flexibility index (Phi) is 9.49. The summed E-state index contributed by atoms with van der Waals surface area (Å²) in [6.45, 7) is 8.30. The number of amides is 2. The summed E-state index contributed by atoms with van der Waals surface area (Å²) in [4.78, 5) is 31.1. The lowest BCUT2D eigenvalue weighted by Crippen LogP contribution is -2.46. The van der Waals surface area contributed by atoms with Crippen LogP contribution in [0.1, 0.15) is 49.4 Å². The zero-order valence-corrected chi connectivity index (χ0v) is 21.6. The van der Waals surface area contributed by atoms with Gasteiger partial charge in [-0.25, -0.2) is 0 Å². The molecule has 4 rings (SSSR count). The summed E-state index contributed by atoms with van der Waals surface area (Å²) in [5, 5.41) is 6.10. The van der Waals surface area contributed by atoms with Gasteiger partial charge in [0.05, 0.1) is 11.3 Å². The summed E-state index contributed by atoms with van der Waals surface area (Å²) in [6.07, 6.45) is 6.30. The van der Waals surface area contributed by atoms with E-state index in [1.807, 2.05) is 36.4 Å². The number of carbonyl (C=O) groups excluding carboxylic acids is 2. The van der Waals surface area contributed by atoms with Crippen LogP contribution in [-0.4, -0.2) is 61.7 Å². The van der Waals surface area contributed by atoms with Crippen molar-refractivity contribution in [3.63, 3.8) is 0 Å². The topological polar surface area (TPSA) is 64.7 Å². The van der Waals surface area contributed by atoms with Crippen LogP contribution in [0.25, 0.3) is 0 Å². The zero-order valence-electron chi connectivity index (χ0n) is 20.8. The fourth-order valence-corrected chi connectivity index (χ4v) is 5.78. The molecule has 6 nitrogen and oxygen atoms in total. The van der Waals surface area contributed by atoms with E-state index in [2.05, 4.69) is 39.5 Å². The normalized spacial score (nSPS) is 17.2. The third-order valence-electron chi connectivity index (χ3n) is 7.11. The number of likely N-dealkylation sites (N-methyl/N-ethyl adjacent to an activating group) is 1. The first kappa shape index (κ1) is 25.6. The highest BCUT2D eigenvalue weighted by Crippen LogP contribution is 2.26. The summed E-state index contributed by atoms with van der Waals surface area (Å²) >= 11 is 1.42. The molecule has 1 aliphatic heterocycles. The van der Waals surface area contributed by atoms with Crippen molar-refractivity contribution in [3.8, 4) is 0 Å². The highest BCUT2D eigenvalue weighted by Gasteiger charge is 2.18. The Bertz CT molecular complexity index is 967. The molecule has 188 valence electrons. The number of rotatable bonds is 9. The second kappa shape index (κ2) is 13.0. The van der Waals surface area contributed by atoms with Crippen LogP contribution in [-0.2, 0) is 4.79 Å². The third-order valence-corrected chi connectivity index (χ3v) is 8.19. The number of nitrogens with one attached hydrogen (secondary N) is 2. The van der Waals surface area contributed by atoms with E-state index < -0.39 is 0 Å². The highest BCUT2D eigenvalue weighted by atomic mass is 32.2. The maximum absolute atomic E-state index is 13.0. The minimum Gasteiger partial charge on any atom is -0.369 e. The molecule has 2 fully saturated rings. The van der Waals surface area contributed by atoms with Gasteiger partial charge in [-0.05, 0) is 61.7 Å². The van der Waals surface area contributed by atoms with Gasteiger partial charge in [-0.1, -0.05) is 38.3 Å². The standard InChI is InChI=1S/C28H38N4O2S/c1-2-31-16-18-32(19-17-31)24-14-12-23(13-15-24)30-28(34)25-10-6-7-11-26(25)35-21-27(33)29-20-22-8-4-3-5-9-22/h6-7,10-15,22H,2-5,8-9,16-21H2,1H3,(H,29,33)(H,30,34). The van der Waals surface area contributed by atoms with Crippen LogP contribution in [0.3, 0.4) is 0 Å². The first-order chi connectivity index (χ1) is 17.1. The third kappa shape index (κ3) is 7.48. The summed E-state index contributed by atoms with van der Waals surface area (Å²) < 4.78 is 0. The van der Waals surface area contributed by atoms with E-state index in [1.165, 1.54) is 49.6 Å². The molecule has 0 spiro atoms. The van der Waals surface area contributed by atoms with Crippen molar-refractivity contribution < 1.29 is 9.59 Å². The SMILES string of the molecule is CCN1CCN(c2ccc(NC(=O)c3ccccc3SCC(=O)NCC3CCCCC3)cc2)CC1. The molecular formula is C28H38N4O2S. The maximum Gasteiger partial charge on any atom is 0.256 e. The number of hydrogen-bond donors (Lipinski definition) is 2. The maximum atomic E-state index is 13.0. The number of benzene rings is 2. The van der Waals surface area contributed by atoms with Gasteiger partial charge < -0.3 is 20.4 Å². The molecule has 0 radical (unpaired) electrons. The molecule has 0 atom stereocenters. The number of anilines is 2. The quantitative estimate of drug-likeness (QED) is 0.487. The molecule has 1 aliphatic carbocycles. The average molecular weight is 495 g/mol. The summed E-state index contributed by atoms with van der Waals surface area (Å²) in [5.41, 5.74) is 2.56. The van der Waals surface area contributed by atoms with Crippen molar-refractivity contribution in [3.05, 3.63) is 54.1 Å². The monoisotopic (exact) mass is 494 g/mol. The Labute approximate surface area is 213 Å². The van der Waals surface area contributed by atoms with Crippen LogP contribution < -0.4 is 15.5 Å². The van der Waals surface area contributed by atoms with Crippen molar-refractivity contribution in [2.75, 3.05) is 55.2 Å². The number of hydrogen-bond acceptors (Lipinski definition) is 5. The van der Waals surface area contributed by atoms with Crippen molar-refractivity contribution in [1.29, 1.82) is 0 Å². The fraction of sp³-hybridized carbons (Fsp3) is 0.500. The van der Waals surface area contributed by atoms with E-state index in [9.17, 15) is 9.59 Å². The van der Waals surface area contributed by atoms with Crippen LogP contribution in [0.4, 0.5) is 11.4 Å². The molecule has 1 heterocycles. The molecule has 2 N–H and O–H groups in total. The molecule has 7 heteroatoms. The second-order valence-corrected chi connectivity index (χ2v) is 10.5. The van der Waals surface area contributed by atoms with Gasteiger partial charge in [0.25, 0.3) is 5.91 Å². The largest absolute Gasteiger partial charge is 0.369 e. The Morgan fingerprint density at radius 3 is 2.37 bits per heavy atom. The Balaban J connectivity index is 1.28. The van der Waals surface area contributed by atoms with Gasteiger partial charge in [-0.2, -0.15) is 0 Å². The van der Waals surface area contributed by atoms with Gasteiger partial charge in [0.15, 0.2) is 0 Å². The predicted molar refractivity (Wildman–Crippen MR) is 145 cm³/mol. The molecule has 35 heavy (non-hydrogen) atoms. The molecule has 0 bridgehead atoms. The molecule has 0 unspecified atom stereocenters.